The zero-order valence-corrected chi connectivity index (χ0v) is 13.1. The Bertz CT molecular complexity index is 422. The van der Waals surface area contributed by atoms with Gasteiger partial charge in [-0.1, -0.05) is 45.4 Å². The zero-order chi connectivity index (χ0) is 16.3. The molecule has 0 bridgehead atoms. The summed E-state index contributed by atoms with van der Waals surface area (Å²) in [4.78, 5) is 22.0. The fraction of sp³-hybridized carbons (Fsp3) is 0.846. The van der Waals surface area contributed by atoms with Crippen molar-refractivity contribution in [3.8, 4) is 0 Å². The van der Waals surface area contributed by atoms with E-state index < -0.39 is 33.7 Å². The van der Waals surface area contributed by atoms with Crippen LogP contribution in [0.1, 0.15) is 58.3 Å². The van der Waals surface area contributed by atoms with Gasteiger partial charge in [0.15, 0.2) is 5.25 Å². The van der Waals surface area contributed by atoms with Gasteiger partial charge in [-0.05, 0) is 6.42 Å². The molecular weight excluding hydrogens is 339 g/mol. The molecule has 0 amide bonds. The average molecular weight is 365 g/mol. The number of hydrogen-bond acceptors (Lipinski definition) is 5. The van der Waals surface area contributed by atoms with E-state index in [-0.39, 0.29) is 58.0 Å². The molecule has 0 fully saturated rings. The second-order valence-corrected chi connectivity index (χ2v) is 6.49. The molecule has 9 heteroatoms. The summed E-state index contributed by atoms with van der Waals surface area (Å²) >= 11 is 0. The molecule has 0 aromatic carbocycles. The second kappa shape index (κ2) is 13.9. The van der Waals surface area contributed by atoms with Gasteiger partial charge in [0, 0.05) is 0 Å². The molecule has 0 aliphatic carbocycles. The molecule has 7 nitrogen and oxygen atoms in total. The van der Waals surface area contributed by atoms with Gasteiger partial charge in [-0.25, -0.2) is 0 Å². The van der Waals surface area contributed by atoms with Crippen molar-refractivity contribution in [1.82, 2.24) is 0 Å². The van der Waals surface area contributed by atoms with Crippen LogP contribution in [0.2, 0.25) is 0 Å². The number of carbonyl (C=O) groups excluding carboxylic acids is 1. The van der Waals surface area contributed by atoms with Crippen LogP contribution in [0.3, 0.4) is 0 Å². The van der Waals surface area contributed by atoms with Crippen molar-refractivity contribution >= 4 is 73.4 Å². The molecule has 0 aromatic rings. The Kier molecular flexibility index (Phi) is 15.6. The Morgan fingerprint density at radius 1 is 1.05 bits per heavy atom. The molecule has 2 N–H and O–H groups in total. The molecule has 22 heavy (non-hydrogen) atoms. The molecule has 0 saturated carbocycles. The summed E-state index contributed by atoms with van der Waals surface area (Å²) in [6, 6.07) is 0. The number of carboxylic acid groups (broad SMARTS) is 1. The van der Waals surface area contributed by atoms with Crippen molar-refractivity contribution in [2.45, 2.75) is 63.5 Å². The van der Waals surface area contributed by atoms with Gasteiger partial charge in [0.25, 0.3) is 10.1 Å². The van der Waals surface area contributed by atoms with Crippen LogP contribution in [0.25, 0.3) is 0 Å². The van der Waals surface area contributed by atoms with Crippen molar-refractivity contribution in [2.75, 3.05) is 6.61 Å². The Morgan fingerprint density at radius 3 is 2.00 bits per heavy atom. The molecule has 0 aromatic heterocycles. The molecular formula is C13H25KO7S. The van der Waals surface area contributed by atoms with Gasteiger partial charge < -0.3 is 9.84 Å². The van der Waals surface area contributed by atoms with Crippen LogP contribution in [0.5, 0.6) is 0 Å². The second-order valence-electron chi connectivity index (χ2n) is 4.89. The Balaban J connectivity index is 0. The van der Waals surface area contributed by atoms with Gasteiger partial charge in [0.1, 0.15) is 0 Å². The van der Waals surface area contributed by atoms with Gasteiger partial charge in [-0.15, -0.1) is 0 Å². The van der Waals surface area contributed by atoms with Gasteiger partial charge in [0.2, 0.25) is 0 Å². The summed E-state index contributed by atoms with van der Waals surface area (Å²) in [6.07, 6.45) is 6.07. The standard InChI is InChI=1S/C13H24O7S.K.H/c1-2-3-4-5-6-7-8-9-20-13(16)11(10-12(14)15)21(17,18)19;;/h11H,2-10H2,1H3,(H,14,15)(H,17,18,19);;. The molecule has 0 saturated heterocycles. The van der Waals surface area contributed by atoms with Gasteiger partial charge in [-0.3, -0.25) is 14.1 Å². The third-order valence-electron chi connectivity index (χ3n) is 2.97. The average Bonchev–Trinajstić information content (AvgIpc) is 2.37. The first kappa shape index (κ1) is 24.7. The molecule has 1 unspecified atom stereocenters. The number of ether oxygens (including phenoxy) is 1. The number of hydrogen-bond donors (Lipinski definition) is 2. The third kappa shape index (κ3) is 13.0. The van der Waals surface area contributed by atoms with E-state index in [4.69, 9.17) is 14.4 Å². The van der Waals surface area contributed by atoms with Crippen LogP contribution >= 0.6 is 0 Å². The van der Waals surface area contributed by atoms with E-state index in [1.54, 1.807) is 0 Å². The predicted octanol–water partition coefficient (Wildman–Crippen LogP) is 1.36. The Morgan fingerprint density at radius 2 is 1.55 bits per heavy atom. The minimum atomic E-state index is -4.77. The number of carboxylic acids is 1. The molecule has 0 rings (SSSR count). The third-order valence-corrected chi connectivity index (χ3v) is 4.05. The number of rotatable bonds is 12. The zero-order valence-electron chi connectivity index (χ0n) is 12.3. The molecule has 126 valence electrons. The normalized spacial score (nSPS) is 12.3. The van der Waals surface area contributed by atoms with Gasteiger partial charge in [-0.2, -0.15) is 8.42 Å². The van der Waals surface area contributed by atoms with Crippen LogP contribution in [0, 0.1) is 0 Å². The van der Waals surface area contributed by atoms with Crippen molar-refractivity contribution in [1.29, 1.82) is 0 Å². The molecule has 1 atom stereocenters. The van der Waals surface area contributed by atoms with E-state index in [0.717, 1.165) is 25.7 Å². The summed E-state index contributed by atoms with van der Waals surface area (Å²) in [5.41, 5.74) is 0. The summed E-state index contributed by atoms with van der Waals surface area (Å²) in [5, 5.41) is 6.47. The van der Waals surface area contributed by atoms with E-state index >= 15 is 0 Å². The molecule has 0 aliphatic heterocycles. The first-order valence-electron chi connectivity index (χ1n) is 7.13. The topological polar surface area (TPSA) is 118 Å². The summed E-state index contributed by atoms with van der Waals surface area (Å²) in [6.45, 7) is 2.15. The van der Waals surface area contributed by atoms with Crippen LogP contribution in [-0.4, -0.2) is 93.3 Å². The quantitative estimate of drug-likeness (QED) is 0.232. The number of carbonyl (C=O) groups is 2. The van der Waals surface area contributed by atoms with Crippen molar-refractivity contribution in [3.63, 3.8) is 0 Å². The summed E-state index contributed by atoms with van der Waals surface area (Å²) in [5.74, 6) is -2.71. The van der Waals surface area contributed by atoms with E-state index in [0.29, 0.717) is 6.42 Å². The Labute approximate surface area is 174 Å². The maximum absolute atomic E-state index is 11.5. The van der Waals surface area contributed by atoms with Crippen LogP contribution in [0.15, 0.2) is 0 Å². The maximum atomic E-state index is 11.5. The fourth-order valence-electron chi connectivity index (χ4n) is 1.79. The summed E-state index contributed by atoms with van der Waals surface area (Å²) in [7, 11) is -4.77. The molecule has 0 spiro atoms. The first-order chi connectivity index (χ1) is 9.79. The Hall–Kier alpha value is 0.486. The predicted molar refractivity (Wildman–Crippen MR) is 83.7 cm³/mol. The van der Waals surface area contributed by atoms with Crippen LogP contribution < -0.4 is 0 Å². The van der Waals surface area contributed by atoms with E-state index in [1.807, 2.05) is 0 Å². The monoisotopic (exact) mass is 364 g/mol. The van der Waals surface area contributed by atoms with E-state index in [2.05, 4.69) is 6.92 Å². The molecule has 0 radical (unpaired) electrons. The van der Waals surface area contributed by atoms with Crippen LogP contribution in [-0.2, 0) is 24.4 Å². The number of unbranched alkanes of at least 4 members (excludes halogenated alkanes) is 6. The molecule has 0 heterocycles. The SMILES string of the molecule is CCCCCCCCCOC(=O)C(CC(=O)O)S(=O)(=O)O.[KH]. The minimum absolute atomic E-state index is 0. The van der Waals surface area contributed by atoms with Gasteiger partial charge in [0.05, 0.1) is 13.0 Å². The molecule has 0 aliphatic rings. The van der Waals surface area contributed by atoms with Crippen LogP contribution in [0.4, 0.5) is 0 Å². The number of aliphatic carboxylic acids is 1. The fourth-order valence-corrected chi connectivity index (χ4v) is 2.46. The van der Waals surface area contributed by atoms with E-state index in [9.17, 15) is 18.0 Å². The van der Waals surface area contributed by atoms with Gasteiger partial charge >= 0.3 is 63.3 Å². The van der Waals surface area contributed by atoms with Crippen molar-refractivity contribution in [3.05, 3.63) is 0 Å². The number of esters is 1. The van der Waals surface area contributed by atoms with Crippen molar-refractivity contribution in [2.24, 2.45) is 0 Å². The van der Waals surface area contributed by atoms with Crippen molar-refractivity contribution < 1.29 is 32.4 Å². The summed E-state index contributed by atoms with van der Waals surface area (Å²) < 4.78 is 35.4. The first-order valence-corrected chi connectivity index (χ1v) is 8.64. The van der Waals surface area contributed by atoms with E-state index in [1.165, 1.54) is 12.8 Å².